The SMILES string of the molecule is CNc1cn([C@H]2C[C@@H](CO)[C@H](O)C2)c(=O)[nH]c1=O. The molecular formula is C11H17N3O4. The summed E-state index contributed by atoms with van der Waals surface area (Å²) in [6.45, 7) is -0.103. The lowest BCUT2D eigenvalue weighted by Gasteiger charge is -2.14. The highest BCUT2D eigenvalue weighted by Gasteiger charge is 2.34. The number of nitrogens with zero attached hydrogens (tertiary/aromatic N) is 1. The average Bonchev–Trinajstić information content (AvgIpc) is 2.70. The molecule has 1 aromatic heterocycles. The van der Waals surface area contributed by atoms with Crippen LogP contribution in [0.25, 0.3) is 0 Å². The summed E-state index contributed by atoms with van der Waals surface area (Å²) in [6, 6.07) is -0.200. The Morgan fingerprint density at radius 3 is 2.78 bits per heavy atom. The lowest BCUT2D eigenvalue weighted by atomic mass is 10.1. The van der Waals surface area contributed by atoms with Crippen LogP contribution in [-0.4, -0.2) is 39.5 Å². The molecule has 0 unspecified atom stereocenters. The summed E-state index contributed by atoms with van der Waals surface area (Å²) in [5.41, 5.74) is -0.651. The van der Waals surface area contributed by atoms with Gasteiger partial charge in [-0.25, -0.2) is 4.79 Å². The Kier molecular flexibility index (Phi) is 3.53. The van der Waals surface area contributed by atoms with E-state index in [9.17, 15) is 14.7 Å². The number of aliphatic hydroxyl groups is 2. The van der Waals surface area contributed by atoms with Crippen LogP contribution in [0.5, 0.6) is 0 Å². The summed E-state index contributed by atoms with van der Waals surface area (Å²) < 4.78 is 1.41. The predicted molar refractivity (Wildman–Crippen MR) is 65.7 cm³/mol. The third kappa shape index (κ3) is 2.19. The molecule has 7 heteroatoms. The van der Waals surface area contributed by atoms with E-state index >= 15 is 0 Å². The number of aliphatic hydroxyl groups excluding tert-OH is 2. The lowest BCUT2D eigenvalue weighted by Crippen LogP contribution is -2.32. The molecule has 0 spiro atoms. The van der Waals surface area contributed by atoms with E-state index in [2.05, 4.69) is 10.3 Å². The molecular weight excluding hydrogens is 238 g/mol. The molecule has 0 aliphatic heterocycles. The van der Waals surface area contributed by atoms with Crippen LogP contribution >= 0.6 is 0 Å². The minimum absolute atomic E-state index is 0.103. The Hall–Kier alpha value is -1.60. The summed E-state index contributed by atoms with van der Waals surface area (Å²) in [6.07, 6.45) is 1.77. The topological polar surface area (TPSA) is 107 Å². The molecule has 1 aliphatic rings. The van der Waals surface area contributed by atoms with Crippen molar-refractivity contribution in [2.75, 3.05) is 19.0 Å². The number of aromatic nitrogens is 2. The Bertz CT molecular complexity index is 536. The summed E-state index contributed by atoms with van der Waals surface area (Å²) in [7, 11) is 1.60. The van der Waals surface area contributed by atoms with Crippen LogP contribution < -0.4 is 16.6 Å². The van der Waals surface area contributed by atoms with Crippen LogP contribution in [0.15, 0.2) is 15.8 Å². The molecule has 0 radical (unpaired) electrons. The number of rotatable bonds is 3. The largest absolute Gasteiger partial charge is 0.396 e. The van der Waals surface area contributed by atoms with Crippen LogP contribution in [-0.2, 0) is 0 Å². The van der Waals surface area contributed by atoms with Crippen LogP contribution in [0.4, 0.5) is 5.69 Å². The third-order valence-corrected chi connectivity index (χ3v) is 3.50. The standard InChI is InChI=1S/C11H17N3O4/c1-12-8-4-14(11(18)13-10(8)17)7-2-6(5-15)9(16)3-7/h4,6-7,9,12,15-16H,2-3,5H2,1H3,(H,13,17,18)/t6-,7-,9+/m0/s1. The highest BCUT2D eigenvalue weighted by atomic mass is 16.3. The fourth-order valence-electron chi connectivity index (χ4n) is 2.43. The van der Waals surface area contributed by atoms with E-state index in [1.165, 1.54) is 10.8 Å². The van der Waals surface area contributed by atoms with Gasteiger partial charge in [0, 0.05) is 31.8 Å². The second-order valence-electron chi connectivity index (χ2n) is 4.59. The maximum absolute atomic E-state index is 11.7. The van der Waals surface area contributed by atoms with Gasteiger partial charge in [-0.15, -0.1) is 0 Å². The Morgan fingerprint density at radius 2 is 2.22 bits per heavy atom. The van der Waals surface area contributed by atoms with Crippen molar-refractivity contribution in [3.63, 3.8) is 0 Å². The van der Waals surface area contributed by atoms with Crippen molar-refractivity contribution in [1.29, 1.82) is 0 Å². The predicted octanol–water partition coefficient (Wildman–Crippen LogP) is -1.12. The normalized spacial score (nSPS) is 27.4. The van der Waals surface area contributed by atoms with Gasteiger partial charge >= 0.3 is 5.69 Å². The van der Waals surface area contributed by atoms with Gasteiger partial charge in [0.1, 0.15) is 5.69 Å². The van der Waals surface area contributed by atoms with E-state index in [0.717, 1.165) is 0 Å². The lowest BCUT2D eigenvalue weighted by molar-refractivity contribution is 0.0906. The zero-order valence-corrected chi connectivity index (χ0v) is 10.1. The summed E-state index contributed by atoms with van der Waals surface area (Å²) in [5.74, 6) is -0.216. The first-order chi connectivity index (χ1) is 8.56. The van der Waals surface area contributed by atoms with Gasteiger partial charge in [-0.1, -0.05) is 0 Å². The second kappa shape index (κ2) is 4.95. The average molecular weight is 255 g/mol. The van der Waals surface area contributed by atoms with Crippen molar-refractivity contribution in [2.45, 2.75) is 25.0 Å². The van der Waals surface area contributed by atoms with E-state index in [1.54, 1.807) is 7.05 Å². The number of nitrogens with one attached hydrogen (secondary N) is 2. The van der Waals surface area contributed by atoms with Gasteiger partial charge in [0.25, 0.3) is 5.56 Å². The van der Waals surface area contributed by atoms with Crippen molar-refractivity contribution in [3.8, 4) is 0 Å². The molecule has 0 amide bonds. The van der Waals surface area contributed by atoms with Crippen molar-refractivity contribution in [2.24, 2.45) is 5.92 Å². The number of anilines is 1. The summed E-state index contributed by atoms with van der Waals surface area (Å²) in [5, 5.41) is 21.5. The minimum Gasteiger partial charge on any atom is -0.396 e. The maximum Gasteiger partial charge on any atom is 0.328 e. The summed E-state index contributed by atoms with van der Waals surface area (Å²) >= 11 is 0. The quantitative estimate of drug-likeness (QED) is 0.547. The molecule has 1 aromatic rings. The molecule has 100 valence electrons. The molecule has 0 bridgehead atoms. The molecule has 1 heterocycles. The number of H-pyrrole nitrogens is 1. The van der Waals surface area contributed by atoms with Crippen LogP contribution in [0.3, 0.4) is 0 Å². The molecule has 4 N–H and O–H groups in total. The molecule has 18 heavy (non-hydrogen) atoms. The molecule has 7 nitrogen and oxygen atoms in total. The van der Waals surface area contributed by atoms with Crippen molar-refractivity contribution >= 4 is 5.69 Å². The second-order valence-corrected chi connectivity index (χ2v) is 4.59. The first kappa shape index (κ1) is 12.8. The van der Waals surface area contributed by atoms with Gasteiger partial charge in [-0.3, -0.25) is 14.3 Å². The molecule has 1 aliphatic carbocycles. The van der Waals surface area contributed by atoms with Gasteiger partial charge in [0.2, 0.25) is 0 Å². The van der Waals surface area contributed by atoms with Crippen LogP contribution in [0, 0.1) is 5.92 Å². The van der Waals surface area contributed by atoms with Gasteiger partial charge in [-0.05, 0) is 12.8 Å². The minimum atomic E-state index is -0.614. The highest BCUT2D eigenvalue weighted by Crippen LogP contribution is 2.33. The molecule has 1 saturated carbocycles. The summed E-state index contributed by atoms with van der Waals surface area (Å²) in [4.78, 5) is 25.4. The zero-order valence-electron chi connectivity index (χ0n) is 10.1. The molecule has 0 saturated heterocycles. The molecule has 2 rings (SSSR count). The zero-order chi connectivity index (χ0) is 13.3. The highest BCUT2D eigenvalue weighted by molar-refractivity contribution is 5.36. The van der Waals surface area contributed by atoms with Gasteiger partial charge in [-0.2, -0.15) is 0 Å². The Morgan fingerprint density at radius 1 is 1.50 bits per heavy atom. The van der Waals surface area contributed by atoms with E-state index in [0.29, 0.717) is 18.5 Å². The smallest absolute Gasteiger partial charge is 0.328 e. The number of aromatic amines is 1. The van der Waals surface area contributed by atoms with Gasteiger partial charge in [0.15, 0.2) is 0 Å². The Balaban J connectivity index is 2.35. The van der Waals surface area contributed by atoms with Crippen molar-refractivity contribution in [3.05, 3.63) is 27.0 Å². The first-order valence-corrected chi connectivity index (χ1v) is 5.89. The third-order valence-electron chi connectivity index (χ3n) is 3.50. The fraction of sp³-hybridized carbons (Fsp3) is 0.636. The first-order valence-electron chi connectivity index (χ1n) is 5.89. The van der Waals surface area contributed by atoms with Crippen molar-refractivity contribution in [1.82, 2.24) is 9.55 Å². The van der Waals surface area contributed by atoms with E-state index < -0.39 is 17.4 Å². The van der Waals surface area contributed by atoms with E-state index in [4.69, 9.17) is 5.11 Å². The van der Waals surface area contributed by atoms with E-state index in [-0.39, 0.29) is 18.6 Å². The number of hydrogen-bond acceptors (Lipinski definition) is 5. The van der Waals surface area contributed by atoms with Gasteiger partial charge < -0.3 is 15.5 Å². The molecule has 1 fully saturated rings. The maximum atomic E-state index is 11.7. The van der Waals surface area contributed by atoms with Crippen LogP contribution in [0.1, 0.15) is 18.9 Å². The van der Waals surface area contributed by atoms with Crippen molar-refractivity contribution < 1.29 is 10.2 Å². The number of hydrogen-bond donors (Lipinski definition) is 4. The molecule has 0 aromatic carbocycles. The Labute approximate surface area is 103 Å². The fourth-order valence-corrected chi connectivity index (χ4v) is 2.43. The molecule has 3 atom stereocenters. The van der Waals surface area contributed by atoms with Crippen LogP contribution in [0.2, 0.25) is 0 Å². The monoisotopic (exact) mass is 255 g/mol. The van der Waals surface area contributed by atoms with E-state index in [1.807, 2.05) is 0 Å². The van der Waals surface area contributed by atoms with Gasteiger partial charge in [0.05, 0.1) is 6.10 Å².